The summed E-state index contributed by atoms with van der Waals surface area (Å²) in [7, 11) is 10.9. The van der Waals surface area contributed by atoms with Gasteiger partial charge in [-0.15, -0.1) is 0 Å². The normalized spacial score (nSPS) is 9.87. The van der Waals surface area contributed by atoms with Gasteiger partial charge in [-0.1, -0.05) is 18.2 Å². The maximum absolute atomic E-state index is 5.22. The average molecular weight is 421 g/mol. The summed E-state index contributed by atoms with van der Waals surface area (Å²) in [6.45, 7) is 0. The number of benzene rings is 1. The first-order valence-electron chi connectivity index (χ1n) is 6.16. The van der Waals surface area contributed by atoms with Crippen LogP contribution in [0.2, 0.25) is 0 Å². The first-order chi connectivity index (χ1) is 11.2. The van der Waals surface area contributed by atoms with Gasteiger partial charge in [0.25, 0.3) is 0 Å². The minimum atomic E-state index is 0.377. The number of anilines is 1. The van der Waals surface area contributed by atoms with E-state index >= 15 is 0 Å². The number of nitrogens with zero attached hydrogens (tertiary/aromatic N) is 2. The molecule has 2 N–H and O–H groups in total. The van der Waals surface area contributed by atoms with Crippen molar-refractivity contribution in [2.45, 2.75) is 0 Å². The van der Waals surface area contributed by atoms with Gasteiger partial charge in [0.15, 0.2) is 5.11 Å². The standard InChI is InChI=1S/C14H14N4OS.2ClH.Cu/c1-19-13-8-3-2-7-12(13)17-14(20)18-16-10-11-6-4-5-9-15-11;;;/h2-10H,1H3,(H2,17,18,20);2*1H;/q;;;+2/p-2/b16-10+;;;. The van der Waals surface area contributed by atoms with Crippen molar-refractivity contribution in [3.05, 3.63) is 54.4 Å². The second kappa shape index (κ2) is 12.1. The summed E-state index contributed by atoms with van der Waals surface area (Å²) in [6.07, 6.45) is 3.29. The molecule has 0 aliphatic heterocycles. The van der Waals surface area contributed by atoms with Crippen LogP contribution in [0.1, 0.15) is 5.69 Å². The molecule has 0 aliphatic carbocycles. The summed E-state index contributed by atoms with van der Waals surface area (Å²) < 4.78 is 5.22. The van der Waals surface area contributed by atoms with E-state index in [0.29, 0.717) is 10.9 Å². The van der Waals surface area contributed by atoms with Crippen LogP contribution in [0, 0.1) is 0 Å². The molecule has 1 aromatic heterocycles. The molecule has 0 saturated carbocycles. The van der Waals surface area contributed by atoms with Gasteiger partial charge in [-0.05, 0) is 36.5 Å². The molecule has 0 atom stereocenters. The number of hydrazone groups is 1. The Labute approximate surface area is 155 Å². The molecule has 2 aromatic rings. The monoisotopic (exact) mass is 419 g/mol. The Bertz CT molecular complexity index is 631. The molecule has 0 bridgehead atoms. The molecule has 1 heterocycles. The summed E-state index contributed by atoms with van der Waals surface area (Å²) >= 11 is 5.90. The van der Waals surface area contributed by atoms with Gasteiger partial charge in [-0.3, -0.25) is 10.4 Å². The van der Waals surface area contributed by atoms with E-state index in [9.17, 15) is 0 Å². The van der Waals surface area contributed by atoms with Gasteiger partial charge in [0.2, 0.25) is 0 Å². The number of methoxy groups -OCH3 is 1. The number of rotatable bonds is 4. The molecule has 0 spiro atoms. The fourth-order valence-electron chi connectivity index (χ4n) is 1.51. The number of pyridine rings is 1. The number of hydrogen-bond acceptors (Lipinski definition) is 4. The molecular formula is C14H14Cl2CuN4OS. The van der Waals surface area contributed by atoms with E-state index in [4.69, 9.17) is 17.0 Å². The Morgan fingerprint density at radius 2 is 1.96 bits per heavy atom. The van der Waals surface area contributed by atoms with Crippen molar-refractivity contribution in [2.75, 3.05) is 12.4 Å². The topological polar surface area (TPSA) is 58.5 Å². The van der Waals surface area contributed by atoms with Gasteiger partial charge in [0.05, 0.1) is 24.7 Å². The minimum absolute atomic E-state index is 0.377. The van der Waals surface area contributed by atoms with Crippen LogP contribution in [-0.2, 0) is 13.1 Å². The maximum atomic E-state index is 5.22. The third kappa shape index (κ3) is 8.16. The van der Waals surface area contributed by atoms with Crippen LogP contribution in [0.25, 0.3) is 0 Å². The number of nitrogens with one attached hydrogen (secondary N) is 2. The van der Waals surface area contributed by atoms with Crippen LogP contribution in [0.15, 0.2) is 53.8 Å². The van der Waals surface area contributed by atoms with Crippen molar-refractivity contribution >= 4 is 49.4 Å². The number of ether oxygens (including phenoxy) is 1. The fraction of sp³-hybridized carbons (Fsp3) is 0.0714. The number of thiocarbonyl (C=S) groups is 1. The van der Waals surface area contributed by atoms with Crippen molar-refractivity contribution < 1.29 is 17.9 Å². The molecule has 2 rings (SSSR count). The molecule has 5 nitrogen and oxygen atoms in total. The van der Waals surface area contributed by atoms with Crippen LogP contribution in [0.4, 0.5) is 5.69 Å². The van der Waals surface area contributed by atoms with Crippen LogP contribution in [0.3, 0.4) is 0 Å². The molecular weight excluding hydrogens is 407 g/mol. The van der Waals surface area contributed by atoms with E-state index in [-0.39, 0.29) is 0 Å². The Balaban J connectivity index is 0.000000816. The zero-order valence-corrected chi connectivity index (χ0v) is 15.2. The van der Waals surface area contributed by atoms with Crippen molar-refractivity contribution in [2.24, 2.45) is 5.10 Å². The van der Waals surface area contributed by atoms with Gasteiger partial charge in [0, 0.05) is 6.20 Å². The first-order valence-corrected chi connectivity index (χ1v) is 9.16. The molecule has 23 heavy (non-hydrogen) atoms. The van der Waals surface area contributed by atoms with Gasteiger partial charge < -0.3 is 10.1 Å². The molecule has 127 valence electrons. The van der Waals surface area contributed by atoms with E-state index in [2.05, 4.69) is 41.0 Å². The van der Waals surface area contributed by atoms with Crippen LogP contribution in [-0.4, -0.2) is 23.4 Å². The second-order valence-electron chi connectivity index (χ2n) is 3.82. The molecule has 0 amide bonds. The zero-order chi connectivity index (χ0) is 16.9. The molecule has 0 fully saturated rings. The SMILES string of the molecule is COc1ccccc1NC(=S)N/N=C/c1ccccn1.[Cl][Cu][Cl]. The summed E-state index contributed by atoms with van der Waals surface area (Å²) in [5.74, 6) is 0.713. The number of hydrogen-bond donors (Lipinski definition) is 2. The van der Waals surface area contributed by atoms with E-state index < -0.39 is 0 Å². The van der Waals surface area contributed by atoms with E-state index in [1.807, 2.05) is 42.5 Å². The Morgan fingerprint density at radius 1 is 1.26 bits per heavy atom. The quantitative estimate of drug-likeness (QED) is 0.341. The molecule has 0 saturated heterocycles. The van der Waals surface area contributed by atoms with Crippen molar-refractivity contribution in [1.82, 2.24) is 10.4 Å². The average Bonchev–Trinajstić information content (AvgIpc) is 2.57. The molecule has 0 aliphatic rings. The third-order valence-corrected chi connectivity index (χ3v) is 2.60. The van der Waals surface area contributed by atoms with Crippen LogP contribution in [0.5, 0.6) is 5.75 Å². The van der Waals surface area contributed by atoms with Crippen molar-refractivity contribution in [3.63, 3.8) is 0 Å². The van der Waals surface area contributed by atoms with Crippen molar-refractivity contribution in [3.8, 4) is 5.75 Å². The van der Waals surface area contributed by atoms with E-state index in [0.717, 1.165) is 24.5 Å². The first kappa shape index (κ1) is 19.7. The Kier molecular flexibility index (Phi) is 10.4. The van der Waals surface area contributed by atoms with E-state index in [1.54, 1.807) is 19.5 Å². The van der Waals surface area contributed by atoms with Gasteiger partial charge in [0.1, 0.15) is 5.75 Å². The molecule has 0 unspecified atom stereocenters. The number of para-hydroxylation sites is 2. The molecule has 0 radical (unpaired) electrons. The summed E-state index contributed by atoms with van der Waals surface area (Å²) in [5, 5.41) is 7.40. The van der Waals surface area contributed by atoms with Crippen LogP contribution >= 0.6 is 32.4 Å². The van der Waals surface area contributed by atoms with Gasteiger partial charge >= 0.3 is 33.3 Å². The predicted octanol–water partition coefficient (Wildman–Crippen LogP) is 3.79. The van der Waals surface area contributed by atoms with Crippen molar-refractivity contribution in [1.29, 1.82) is 0 Å². The van der Waals surface area contributed by atoms with Gasteiger partial charge in [-0.2, -0.15) is 5.10 Å². The predicted molar refractivity (Wildman–Crippen MR) is 95.9 cm³/mol. The molecule has 9 heteroatoms. The summed E-state index contributed by atoms with van der Waals surface area (Å²) in [5.41, 5.74) is 4.25. The van der Waals surface area contributed by atoms with Gasteiger partial charge in [-0.25, -0.2) is 0 Å². The third-order valence-electron chi connectivity index (χ3n) is 2.41. The Hall–Kier alpha value is -1.37. The number of aromatic nitrogens is 1. The summed E-state index contributed by atoms with van der Waals surface area (Å²) in [4.78, 5) is 4.11. The van der Waals surface area contributed by atoms with Crippen LogP contribution < -0.4 is 15.5 Å². The molecule has 1 aromatic carbocycles. The second-order valence-corrected chi connectivity index (χ2v) is 5.79. The zero-order valence-electron chi connectivity index (χ0n) is 12.0. The Morgan fingerprint density at radius 3 is 2.61 bits per heavy atom. The summed E-state index contributed by atoms with van der Waals surface area (Å²) in [6, 6.07) is 13.1. The van der Waals surface area contributed by atoms with E-state index in [1.165, 1.54) is 0 Å². The fourth-order valence-corrected chi connectivity index (χ4v) is 1.67. The number of halogens is 2.